The van der Waals surface area contributed by atoms with Crippen LogP contribution in [-0.4, -0.2) is 96.5 Å². The summed E-state index contributed by atoms with van der Waals surface area (Å²) in [5.41, 5.74) is 9.53. The van der Waals surface area contributed by atoms with Crippen LogP contribution >= 0.6 is 0 Å². The first-order chi connectivity index (χ1) is 48.1. The molecule has 0 unspecified atom stereocenters. The zero-order valence-corrected chi connectivity index (χ0v) is 71.1. The van der Waals surface area contributed by atoms with E-state index in [1.54, 1.807) is 59.8 Å². The van der Waals surface area contributed by atoms with E-state index in [1.165, 1.54) is 77.6 Å². The van der Waals surface area contributed by atoms with Gasteiger partial charge in [-0.1, -0.05) is 59.7 Å². The molecule has 6 heterocycles. The number of carboxylic acid groups (broad SMARTS) is 1. The number of nitrogens with zero attached hydrogens (tertiary/aromatic N) is 11. The van der Waals surface area contributed by atoms with Crippen LogP contribution in [0.1, 0.15) is 63.3 Å². The molecule has 28 heteroatoms. The van der Waals surface area contributed by atoms with Gasteiger partial charge in [-0.3, -0.25) is 56.9 Å². The summed E-state index contributed by atoms with van der Waals surface area (Å²) in [5.74, 6) is -3.74. The van der Waals surface area contributed by atoms with Crippen molar-refractivity contribution in [2.24, 2.45) is 28.2 Å². The van der Waals surface area contributed by atoms with Crippen molar-refractivity contribution in [1.82, 2.24) is 52.7 Å². The van der Waals surface area contributed by atoms with Crippen LogP contribution < -0.4 is 0 Å². The van der Waals surface area contributed by atoms with Gasteiger partial charge in [0.2, 0.25) is 0 Å². The van der Waals surface area contributed by atoms with Gasteiger partial charge in [0.1, 0.15) is 5.69 Å². The Morgan fingerprint density at radius 1 is 0.434 bits per heavy atom. The predicted molar refractivity (Wildman–Crippen MR) is 379 cm³/mol. The molecular weight excluding hydrogens is 2260 g/mol. The average Bonchev–Trinajstić information content (AvgIpc) is 1.60. The number of carbonyl (C=O) groups excluding carboxylic acids is 3. The van der Waals surface area contributed by atoms with Gasteiger partial charge in [0.25, 0.3) is 0 Å². The molecule has 0 fully saturated rings. The van der Waals surface area contributed by atoms with E-state index < -0.39 is 29.2 Å². The number of aliphatic hydroxyl groups is 3. The number of ketones is 3. The molecule has 569 valence electrons. The summed E-state index contributed by atoms with van der Waals surface area (Å²) in [7, 11) is 7.50. The number of aryl methyl sites for hydroxylation is 4. The summed E-state index contributed by atoms with van der Waals surface area (Å²) < 4.78 is 61.3. The Kier molecular flexibility index (Phi) is 49.7. The van der Waals surface area contributed by atoms with E-state index in [-0.39, 0.29) is 152 Å². The fourth-order valence-corrected chi connectivity index (χ4v) is 8.06. The van der Waals surface area contributed by atoms with E-state index in [4.69, 9.17) is 20.4 Å². The number of allylic oxidation sites excluding steroid dienone is 6. The molecule has 0 amide bonds. The third-order valence-corrected chi connectivity index (χ3v) is 12.5. The minimum absolute atomic E-state index is 0. The van der Waals surface area contributed by atoms with Crippen LogP contribution in [0.4, 0.5) is 17.6 Å². The van der Waals surface area contributed by atoms with E-state index in [1.807, 2.05) is 135 Å². The van der Waals surface area contributed by atoms with Crippen LogP contribution in [0.15, 0.2) is 244 Å². The van der Waals surface area contributed by atoms with Crippen molar-refractivity contribution < 1.29 is 158 Å². The molecule has 6 aromatic carbocycles. The molecule has 0 aliphatic heterocycles. The number of pyridine rings is 1. The van der Waals surface area contributed by atoms with Gasteiger partial charge in [0.05, 0.1) is 48.9 Å². The normalized spacial score (nSPS) is 9.97. The Hall–Kier alpha value is -9.41. The summed E-state index contributed by atoms with van der Waals surface area (Å²) in [6, 6.07) is 57.0. The number of carboxylic acids is 1. The van der Waals surface area contributed by atoms with E-state index in [2.05, 4.69) is 95.3 Å². The van der Waals surface area contributed by atoms with Gasteiger partial charge >= 0.3 is 5.97 Å². The molecule has 12 aromatic rings. The van der Waals surface area contributed by atoms with E-state index >= 15 is 0 Å². The minimum Gasteiger partial charge on any atom is -0.512 e. The number of imidazole rings is 5. The predicted octanol–water partition coefficient (Wildman–Crippen LogP) is 15.7. The smallest absolute Gasteiger partial charge is 0.354 e. The molecule has 0 spiro atoms. The molecular formula is C78H76F4Ir5N11O8-5. The summed E-state index contributed by atoms with van der Waals surface area (Å²) in [6.07, 6.45) is 21.2. The molecule has 0 bridgehead atoms. The third kappa shape index (κ3) is 39.1. The fourth-order valence-electron chi connectivity index (χ4n) is 8.06. The maximum Gasteiger partial charge on any atom is 0.354 e. The summed E-state index contributed by atoms with van der Waals surface area (Å²) in [4.78, 5) is 64.6. The molecule has 5 radical (unpaired) electrons. The van der Waals surface area contributed by atoms with Crippen molar-refractivity contribution in [1.29, 1.82) is 0 Å². The number of aliphatic hydroxyl groups excluding tert-OH is 3. The zero-order chi connectivity index (χ0) is 74.4. The summed E-state index contributed by atoms with van der Waals surface area (Å²) >= 11 is 0. The van der Waals surface area contributed by atoms with Gasteiger partial charge in [0, 0.05) is 211 Å². The van der Waals surface area contributed by atoms with E-state index in [0.29, 0.717) is 11.4 Å². The molecule has 4 N–H and O–H groups in total. The van der Waals surface area contributed by atoms with Crippen molar-refractivity contribution in [3.8, 4) is 56.3 Å². The van der Waals surface area contributed by atoms with E-state index in [0.717, 1.165) is 70.3 Å². The third-order valence-electron chi connectivity index (χ3n) is 12.5. The number of benzene rings is 6. The van der Waals surface area contributed by atoms with Gasteiger partial charge in [-0.2, -0.15) is 0 Å². The maximum absolute atomic E-state index is 13.4. The quantitative estimate of drug-likeness (QED) is 0.0407. The Bertz CT molecular complexity index is 4460. The second-order valence-electron chi connectivity index (χ2n) is 21.6. The molecule has 106 heavy (non-hydrogen) atoms. The Morgan fingerprint density at radius 3 is 1.11 bits per heavy atom. The molecule has 6 aromatic heterocycles. The average molecular weight is 2330 g/mol. The van der Waals surface area contributed by atoms with Crippen LogP contribution in [0, 0.1) is 60.5 Å². The maximum atomic E-state index is 13.4. The van der Waals surface area contributed by atoms with Crippen molar-refractivity contribution in [3.63, 3.8) is 0 Å². The Balaban J connectivity index is 0. The number of aromatic nitrogens is 11. The standard InChI is InChI=1S/C16H13N2.C11H9F2N2.C10H7F2N2.2C10H9N2.C6H5NO2.3C5H8O2.5Ir/c1-3-7-14(8-4-1)11-18-12-16(17-13-18)15-9-5-2-6-10-15;1-7-11(14-6-15(7)2)9-4-3-8(12)5-10(9)13;1-14-5-10(13-6-14)8-3-2-7(11)4-9(8)12;2*1-12-7-10(11-8-12)9-5-3-2-4-6-9;8-6(9)5-3-1-2-4-7-5;3*1-4(6)3-5(2)7;;;;;/h1-9,12-13H,11H2;3,5-6H,1-2H3;2,4-6H,1H3;2*2-5,7-8H,1H3;1-4H,(H,8,9);3*3,6H,1-2H3;;;;;/q5*-1;;;;;;;;;. The number of hydrogen-bond acceptors (Lipinski definition) is 13. The topological polar surface area (TPSA) is 251 Å². The van der Waals surface area contributed by atoms with Crippen molar-refractivity contribution in [3.05, 3.63) is 314 Å². The molecule has 19 nitrogen and oxygen atoms in total. The van der Waals surface area contributed by atoms with Crippen LogP contribution in [0.5, 0.6) is 0 Å². The Labute approximate surface area is 681 Å². The summed E-state index contributed by atoms with van der Waals surface area (Å²) in [6.45, 7) is 11.2. The Morgan fingerprint density at radius 2 is 0.811 bits per heavy atom. The molecule has 0 saturated heterocycles. The number of aromatic carboxylic acids is 1. The first kappa shape index (κ1) is 98.6. The number of carbonyl (C=O) groups is 4. The van der Waals surface area contributed by atoms with Crippen LogP contribution in [-0.2, 0) is 150 Å². The van der Waals surface area contributed by atoms with Crippen LogP contribution in [0.25, 0.3) is 56.3 Å². The first-order valence-electron chi connectivity index (χ1n) is 30.5. The fraction of sp³-hybridized carbons (Fsp3) is 0.154. The minimum atomic E-state index is -0.990. The molecule has 12 rings (SSSR count). The molecule has 0 saturated carbocycles. The number of halogens is 4. The summed E-state index contributed by atoms with van der Waals surface area (Å²) in [5, 5.41) is 33.4. The SMILES string of the molecule is CC(=O)C=C(C)O.CC(=O)C=C(C)O.CC(=O)C=C(C)O.Cc1c(-c2[c-]cc(F)cc2F)ncn1C.Cn1cnc(-c2[c-]cc(F)cc2F)c1.Cn1cnc(-c2[c-]cccc2)c1.Cn1cnc(-c2[c-]cccc2)c1.O=C(O)c1ccccn1.[Ir].[Ir].[Ir].[Ir].[Ir].[c-]1ccccc1-c1cn(Cc2ccccc2)cn1. The van der Waals surface area contributed by atoms with Crippen molar-refractivity contribution in [2.75, 3.05) is 0 Å². The van der Waals surface area contributed by atoms with E-state index in [9.17, 15) is 36.7 Å². The first-order valence-corrected chi connectivity index (χ1v) is 30.5. The number of hydrogen-bond donors (Lipinski definition) is 4. The largest absolute Gasteiger partial charge is 0.512 e. The van der Waals surface area contributed by atoms with Gasteiger partial charge in [-0.15, -0.1) is 132 Å². The van der Waals surface area contributed by atoms with Gasteiger partial charge in [-0.25, -0.2) is 9.78 Å². The van der Waals surface area contributed by atoms with Gasteiger partial charge < -0.3 is 43.3 Å². The van der Waals surface area contributed by atoms with Crippen LogP contribution in [0.3, 0.4) is 0 Å². The molecule has 0 aliphatic carbocycles. The van der Waals surface area contributed by atoms with Gasteiger partial charge in [-0.05, 0) is 96.6 Å². The second kappa shape index (κ2) is 53.4. The van der Waals surface area contributed by atoms with Crippen LogP contribution in [0.2, 0.25) is 0 Å². The van der Waals surface area contributed by atoms with Crippen molar-refractivity contribution in [2.45, 2.75) is 55.0 Å². The second-order valence-corrected chi connectivity index (χ2v) is 21.6. The monoisotopic (exact) mass is 2340 g/mol. The zero-order valence-electron chi connectivity index (χ0n) is 59.1. The van der Waals surface area contributed by atoms with Crippen molar-refractivity contribution >= 4 is 23.3 Å². The molecule has 0 atom stereocenters. The van der Waals surface area contributed by atoms with Gasteiger partial charge in [0.15, 0.2) is 17.3 Å². The number of rotatable bonds is 11. The molecule has 0 aliphatic rings.